The van der Waals surface area contributed by atoms with E-state index in [4.69, 9.17) is 9.84 Å². The van der Waals surface area contributed by atoms with Gasteiger partial charge in [0.05, 0.1) is 10.5 Å². The number of aliphatic hydroxyl groups is 1. The number of hydrogen-bond acceptors (Lipinski definition) is 4. The summed E-state index contributed by atoms with van der Waals surface area (Å²) in [5.74, 6) is 6.02. The predicted octanol–water partition coefficient (Wildman–Crippen LogP) is 1.93. The van der Waals surface area contributed by atoms with Gasteiger partial charge >= 0.3 is 0 Å². The van der Waals surface area contributed by atoms with Crippen molar-refractivity contribution in [3.8, 4) is 17.6 Å². The van der Waals surface area contributed by atoms with Gasteiger partial charge in [-0.1, -0.05) is 11.8 Å². The Labute approximate surface area is 127 Å². The minimum Gasteiger partial charge on any atom is -0.492 e. The molecule has 1 N–H and O–H groups in total. The van der Waals surface area contributed by atoms with Crippen molar-refractivity contribution in [2.45, 2.75) is 32.4 Å². The van der Waals surface area contributed by atoms with Crippen molar-refractivity contribution in [2.24, 2.45) is 0 Å². The fourth-order valence-corrected chi connectivity index (χ4v) is 2.51. The summed E-state index contributed by atoms with van der Waals surface area (Å²) in [4.78, 5) is 0. The van der Waals surface area contributed by atoms with Crippen molar-refractivity contribution in [3.63, 3.8) is 0 Å². The molecule has 0 spiro atoms. The number of ether oxygens (including phenoxy) is 1. The number of sulfone groups is 1. The molecule has 0 aliphatic heterocycles. The molecule has 0 unspecified atom stereocenters. The van der Waals surface area contributed by atoms with Gasteiger partial charge in [-0.25, -0.2) is 8.42 Å². The summed E-state index contributed by atoms with van der Waals surface area (Å²) >= 11 is 0. The molecule has 0 aliphatic carbocycles. The summed E-state index contributed by atoms with van der Waals surface area (Å²) in [6.45, 7) is 6.87. The van der Waals surface area contributed by atoms with E-state index in [2.05, 4.69) is 11.8 Å². The Kier molecular flexibility index (Phi) is 5.82. The molecule has 0 radical (unpaired) electrons. The number of aliphatic hydroxyl groups excluding tert-OH is 1. The van der Waals surface area contributed by atoms with E-state index in [-0.39, 0.29) is 19.0 Å². The first kappa shape index (κ1) is 17.5. The highest BCUT2D eigenvalue weighted by Crippen LogP contribution is 2.20. The molecule has 116 valence electrons. The maximum absolute atomic E-state index is 12.0. The fourth-order valence-electron chi connectivity index (χ4n) is 1.60. The highest BCUT2D eigenvalue weighted by molar-refractivity contribution is 7.92. The van der Waals surface area contributed by atoms with Gasteiger partial charge in [0.1, 0.15) is 19.0 Å². The van der Waals surface area contributed by atoms with Gasteiger partial charge in [0.15, 0.2) is 9.84 Å². The van der Waals surface area contributed by atoms with E-state index in [9.17, 15) is 8.42 Å². The van der Waals surface area contributed by atoms with Crippen LogP contribution in [0.25, 0.3) is 0 Å². The first-order chi connectivity index (χ1) is 9.67. The van der Waals surface area contributed by atoms with Gasteiger partial charge in [-0.2, -0.15) is 0 Å². The quantitative estimate of drug-likeness (QED) is 0.863. The summed E-state index contributed by atoms with van der Waals surface area (Å²) < 4.78 is 28.7. The normalized spacial score (nSPS) is 11.7. The lowest BCUT2D eigenvalue weighted by Crippen LogP contribution is -2.32. The molecule has 0 aliphatic rings. The summed E-state index contributed by atoms with van der Waals surface area (Å²) in [7, 11) is -3.18. The molecule has 0 amide bonds. The van der Waals surface area contributed by atoms with Gasteiger partial charge in [0.2, 0.25) is 0 Å². The Balaban J connectivity index is 2.69. The van der Waals surface area contributed by atoms with Crippen LogP contribution in [0.1, 0.15) is 31.9 Å². The second-order valence-corrected chi connectivity index (χ2v) is 8.58. The summed E-state index contributed by atoms with van der Waals surface area (Å²) in [5, 5.41) is 8.65. The van der Waals surface area contributed by atoms with Crippen LogP contribution in [0.5, 0.6) is 5.75 Å². The minimum atomic E-state index is -3.18. The third kappa shape index (κ3) is 5.07. The van der Waals surface area contributed by atoms with Crippen LogP contribution in [-0.4, -0.2) is 37.2 Å². The highest BCUT2D eigenvalue weighted by atomic mass is 32.2. The fraction of sp³-hybridized carbons (Fsp3) is 0.500. The topological polar surface area (TPSA) is 63.6 Å². The smallest absolute Gasteiger partial charge is 0.158 e. The van der Waals surface area contributed by atoms with Gasteiger partial charge < -0.3 is 9.84 Å². The second kappa shape index (κ2) is 6.97. The number of benzene rings is 1. The molecule has 0 saturated heterocycles. The minimum absolute atomic E-state index is 0.0119. The molecule has 0 heterocycles. The number of aryl methyl sites for hydroxylation is 1. The molecule has 0 aromatic heterocycles. The van der Waals surface area contributed by atoms with Gasteiger partial charge in [-0.15, -0.1) is 0 Å². The molecule has 4 nitrogen and oxygen atoms in total. The van der Waals surface area contributed by atoms with Crippen LogP contribution in [0.2, 0.25) is 0 Å². The molecular weight excluding hydrogens is 288 g/mol. The first-order valence-corrected chi connectivity index (χ1v) is 8.38. The largest absolute Gasteiger partial charge is 0.492 e. The van der Waals surface area contributed by atoms with E-state index < -0.39 is 14.6 Å². The van der Waals surface area contributed by atoms with Crippen molar-refractivity contribution in [1.29, 1.82) is 0 Å². The molecule has 5 heteroatoms. The van der Waals surface area contributed by atoms with Crippen molar-refractivity contribution in [3.05, 3.63) is 29.3 Å². The van der Waals surface area contributed by atoms with Crippen molar-refractivity contribution < 1.29 is 18.3 Å². The third-order valence-corrected chi connectivity index (χ3v) is 5.60. The van der Waals surface area contributed by atoms with Gasteiger partial charge in [0.25, 0.3) is 0 Å². The molecule has 0 fully saturated rings. The molecule has 0 saturated carbocycles. The Morgan fingerprint density at radius 2 is 1.95 bits per heavy atom. The third-order valence-electron chi connectivity index (χ3n) is 3.03. The molecule has 21 heavy (non-hydrogen) atoms. The first-order valence-electron chi connectivity index (χ1n) is 6.73. The SMILES string of the molecule is Cc1cc(C#CCO)ccc1OCCS(=O)(=O)C(C)(C)C. The lowest BCUT2D eigenvalue weighted by molar-refractivity contribution is 0.337. The molecule has 0 bridgehead atoms. The Hall–Kier alpha value is -1.51. The van der Waals surface area contributed by atoms with Gasteiger partial charge in [0, 0.05) is 5.56 Å². The molecule has 1 aromatic carbocycles. The van der Waals surface area contributed by atoms with E-state index in [1.54, 1.807) is 32.9 Å². The molecule has 1 aromatic rings. The van der Waals surface area contributed by atoms with Crippen LogP contribution in [0.3, 0.4) is 0 Å². The van der Waals surface area contributed by atoms with E-state index in [1.807, 2.05) is 13.0 Å². The molecule has 1 rings (SSSR count). The van der Waals surface area contributed by atoms with E-state index in [1.165, 1.54) is 0 Å². The maximum atomic E-state index is 12.0. The zero-order valence-electron chi connectivity index (χ0n) is 12.9. The van der Waals surface area contributed by atoms with Gasteiger partial charge in [-0.05, 0) is 51.5 Å². The van der Waals surface area contributed by atoms with Crippen molar-refractivity contribution in [1.82, 2.24) is 0 Å². The summed E-state index contributed by atoms with van der Waals surface area (Å²) in [5.41, 5.74) is 1.67. The van der Waals surface area contributed by atoms with Gasteiger partial charge in [-0.3, -0.25) is 0 Å². The Morgan fingerprint density at radius 3 is 2.48 bits per heavy atom. The maximum Gasteiger partial charge on any atom is 0.158 e. The average Bonchev–Trinajstić information content (AvgIpc) is 2.37. The highest BCUT2D eigenvalue weighted by Gasteiger charge is 2.28. The van der Waals surface area contributed by atoms with E-state index in [0.29, 0.717) is 5.75 Å². The molecule has 0 atom stereocenters. The predicted molar refractivity (Wildman–Crippen MR) is 84.2 cm³/mol. The van der Waals surface area contributed by atoms with Crippen LogP contribution >= 0.6 is 0 Å². The van der Waals surface area contributed by atoms with Crippen molar-refractivity contribution in [2.75, 3.05) is 19.0 Å². The Morgan fingerprint density at radius 1 is 1.29 bits per heavy atom. The van der Waals surface area contributed by atoms with E-state index in [0.717, 1.165) is 11.1 Å². The monoisotopic (exact) mass is 310 g/mol. The van der Waals surface area contributed by atoms with Crippen molar-refractivity contribution >= 4 is 9.84 Å². The molecular formula is C16H22O4S. The van der Waals surface area contributed by atoms with Crippen LogP contribution in [0, 0.1) is 18.8 Å². The Bertz CT molecular complexity index is 643. The standard InChI is InChI=1S/C16H22O4S/c1-13-12-14(6-5-9-17)7-8-15(13)20-10-11-21(18,19)16(2,3)4/h7-8,12,17H,9-11H2,1-4H3. The number of rotatable bonds is 4. The zero-order chi connectivity index (χ0) is 16.1. The average molecular weight is 310 g/mol. The lowest BCUT2D eigenvalue weighted by atomic mass is 10.1. The van der Waals surface area contributed by atoms with Crippen LogP contribution < -0.4 is 4.74 Å². The second-order valence-electron chi connectivity index (χ2n) is 5.72. The summed E-state index contributed by atoms with van der Waals surface area (Å²) in [6, 6.07) is 5.39. The zero-order valence-corrected chi connectivity index (χ0v) is 13.8. The van der Waals surface area contributed by atoms with Crippen LogP contribution in [0.4, 0.5) is 0 Å². The van der Waals surface area contributed by atoms with Crippen LogP contribution in [0.15, 0.2) is 18.2 Å². The lowest BCUT2D eigenvalue weighted by Gasteiger charge is -2.19. The summed E-state index contributed by atoms with van der Waals surface area (Å²) in [6.07, 6.45) is 0. The van der Waals surface area contributed by atoms with Crippen LogP contribution in [-0.2, 0) is 9.84 Å². The van der Waals surface area contributed by atoms with E-state index >= 15 is 0 Å². The number of hydrogen-bond donors (Lipinski definition) is 1.